The minimum atomic E-state index is -0.551. The van der Waals surface area contributed by atoms with Crippen molar-refractivity contribution in [1.82, 2.24) is 14.7 Å². The largest absolute Gasteiger partial charge is 0.338 e. The summed E-state index contributed by atoms with van der Waals surface area (Å²) < 4.78 is 28.5. The monoisotopic (exact) mass is 331 g/mol. The third-order valence-electron chi connectivity index (χ3n) is 4.25. The lowest BCUT2D eigenvalue weighted by atomic mass is 9.95. The molecule has 2 aromatic rings. The number of hydrogen-bond acceptors (Lipinski definition) is 2. The van der Waals surface area contributed by atoms with Crippen LogP contribution >= 0.6 is 0 Å². The smallest absolute Gasteiger partial charge is 0.246 e. The zero-order valence-corrected chi connectivity index (χ0v) is 13.5. The Balaban J connectivity index is 1.68. The number of aryl methyl sites for hydroxylation is 1. The second kappa shape index (κ2) is 6.95. The van der Waals surface area contributed by atoms with Crippen molar-refractivity contribution in [2.24, 2.45) is 7.05 Å². The minimum absolute atomic E-state index is 0.0710. The van der Waals surface area contributed by atoms with Gasteiger partial charge in [-0.1, -0.05) is 0 Å². The normalized spacial score (nSPS) is 18.3. The van der Waals surface area contributed by atoms with E-state index >= 15 is 0 Å². The third kappa shape index (κ3) is 3.69. The summed E-state index contributed by atoms with van der Waals surface area (Å²) in [4.78, 5) is 14.1. The van der Waals surface area contributed by atoms with Gasteiger partial charge in [-0.25, -0.2) is 8.78 Å². The first kappa shape index (κ1) is 16.4. The van der Waals surface area contributed by atoms with Crippen molar-refractivity contribution < 1.29 is 13.6 Å². The predicted molar refractivity (Wildman–Crippen MR) is 87.2 cm³/mol. The Hall–Kier alpha value is -2.50. The summed E-state index contributed by atoms with van der Waals surface area (Å²) in [6, 6.07) is 5.15. The van der Waals surface area contributed by atoms with Gasteiger partial charge < -0.3 is 4.90 Å². The molecule has 3 rings (SSSR count). The van der Waals surface area contributed by atoms with Crippen molar-refractivity contribution in [3.63, 3.8) is 0 Å². The maximum Gasteiger partial charge on any atom is 0.246 e. The first-order valence-corrected chi connectivity index (χ1v) is 7.94. The van der Waals surface area contributed by atoms with E-state index in [2.05, 4.69) is 5.10 Å². The number of amides is 1. The number of aromatic nitrogens is 2. The van der Waals surface area contributed by atoms with Gasteiger partial charge in [-0.2, -0.15) is 5.10 Å². The second-order valence-electron chi connectivity index (χ2n) is 6.04. The molecule has 1 aliphatic heterocycles. The van der Waals surface area contributed by atoms with Crippen molar-refractivity contribution >= 4 is 12.0 Å². The van der Waals surface area contributed by atoms with E-state index in [0.717, 1.165) is 36.7 Å². The minimum Gasteiger partial charge on any atom is -0.338 e. The van der Waals surface area contributed by atoms with Gasteiger partial charge in [-0.3, -0.25) is 9.48 Å². The zero-order chi connectivity index (χ0) is 17.1. The number of halogens is 2. The Kier molecular flexibility index (Phi) is 4.74. The summed E-state index contributed by atoms with van der Waals surface area (Å²) >= 11 is 0. The number of hydrogen-bond donors (Lipinski definition) is 0. The molecule has 0 spiro atoms. The molecule has 1 aliphatic rings. The van der Waals surface area contributed by atoms with E-state index in [1.807, 2.05) is 19.3 Å². The van der Waals surface area contributed by atoms with Gasteiger partial charge in [0, 0.05) is 43.9 Å². The van der Waals surface area contributed by atoms with Crippen LogP contribution < -0.4 is 0 Å². The molecule has 1 atom stereocenters. The molecule has 1 saturated heterocycles. The Morgan fingerprint density at radius 3 is 2.92 bits per heavy atom. The molecule has 1 aromatic carbocycles. The maximum absolute atomic E-state index is 13.6. The van der Waals surface area contributed by atoms with E-state index in [-0.39, 0.29) is 17.4 Å². The van der Waals surface area contributed by atoms with Crippen LogP contribution in [-0.4, -0.2) is 33.7 Å². The highest BCUT2D eigenvalue weighted by Crippen LogP contribution is 2.25. The van der Waals surface area contributed by atoms with E-state index in [1.165, 1.54) is 12.2 Å². The Morgan fingerprint density at radius 2 is 2.17 bits per heavy atom. The molecule has 24 heavy (non-hydrogen) atoms. The molecule has 0 saturated carbocycles. The van der Waals surface area contributed by atoms with Gasteiger partial charge in [-0.05, 0) is 43.2 Å². The molecular formula is C18H19F2N3O. The fourth-order valence-corrected chi connectivity index (χ4v) is 2.98. The number of rotatable bonds is 3. The van der Waals surface area contributed by atoms with Crippen LogP contribution in [0.3, 0.4) is 0 Å². The lowest BCUT2D eigenvalue weighted by Crippen LogP contribution is -2.38. The summed E-state index contributed by atoms with van der Waals surface area (Å²) in [5, 5.41) is 4.41. The van der Waals surface area contributed by atoms with Crippen molar-refractivity contribution in [2.45, 2.75) is 18.8 Å². The maximum atomic E-state index is 13.6. The highest BCUT2D eigenvalue weighted by molar-refractivity contribution is 5.91. The molecule has 1 aromatic heterocycles. The predicted octanol–water partition coefficient (Wildman–Crippen LogP) is 3.12. The van der Waals surface area contributed by atoms with E-state index < -0.39 is 11.6 Å². The van der Waals surface area contributed by atoms with Crippen molar-refractivity contribution in [3.8, 4) is 0 Å². The Bertz CT molecular complexity index is 769. The summed E-state index contributed by atoms with van der Waals surface area (Å²) in [5.74, 6) is -1.07. The number of likely N-dealkylation sites (tertiary alicyclic amines) is 1. The van der Waals surface area contributed by atoms with Gasteiger partial charge >= 0.3 is 0 Å². The van der Waals surface area contributed by atoms with E-state index in [1.54, 1.807) is 9.58 Å². The number of piperidine rings is 1. The average Bonchev–Trinajstić information content (AvgIpc) is 3.02. The molecule has 0 aliphatic carbocycles. The van der Waals surface area contributed by atoms with Gasteiger partial charge in [-0.15, -0.1) is 0 Å². The quantitative estimate of drug-likeness (QED) is 0.811. The van der Waals surface area contributed by atoms with Crippen molar-refractivity contribution in [2.75, 3.05) is 13.1 Å². The number of carbonyl (C=O) groups excluding carboxylic acids is 1. The summed E-state index contributed by atoms with van der Waals surface area (Å²) in [5.41, 5.74) is 1.05. The lowest BCUT2D eigenvalue weighted by molar-refractivity contribution is -0.127. The summed E-state index contributed by atoms with van der Waals surface area (Å²) in [7, 11) is 1.87. The van der Waals surface area contributed by atoms with Crippen molar-refractivity contribution in [3.05, 3.63) is 59.4 Å². The molecule has 0 bridgehead atoms. The highest BCUT2D eigenvalue weighted by atomic mass is 19.1. The number of benzene rings is 1. The van der Waals surface area contributed by atoms with E-state index in [9.17, 15) is 13.6 Å². The Labute approximate surface area is 139 Å². The molecular weight excluding hydrogens is 312 g/mol. The second-order valence-corrected chi connectivity index (χ2v) is 6.04. The molecule has 1 fully saturated rings. The standard InChI is InChI=1S/C18H19F2N3O/c1-22-10-8-17(21-22)14-3-2-9-23(12-14)18(24)7-4-13-11-15(19)5-6-16(13)20/h4-8,10-11,14H,2-3,9,12H2,1H3/b7-4+/t14-/m1/s1. The van der Waals surface area contributed by atoms with Gasteiger partial charge in [0.05, 0.1) is 5.69 Å². The summed E-state index contributed by atoms with van der Waals surface area (Å²) in [6.07, 6.45) is 6.41. The van der Waals surface area contributed by atoms with Gasteiger partial charge in [0.15, 0.2) is 0 Å². The average molecular weight is 331 g/mol. The van der Waals surface area contributed by atoms with Crippen LogP contribution in [0.15, 0.2) is 36.5 Å². The number of carbonyl (C=O) groups is 1. The van der Waals surface area contributed by atoms with Gasteiger partial charge in [0.25, 0.3) is 0 Å². The molecule has 126 valence electrons. The fraction of sp³-hybridized carbons (Fsp3) is 0.333. The van der Waals surface area contributed by atoms with Crippen molar-refractivity contribution in [1.29, 1.82) is 0 Å². The summed E-state index contributed by atoms with van der Waals surface area (Å²) in [6.45, 7) is 1.25. The van der Waals surface area contributed by atoms with Crippen LogP contribution in [0.25, 0.3) is 6.08 Å². The van der Waals surface area contributed by atoms with Crippen LogP contribution in [0.1, 0.15) is 30.0 Å². The van der Waals surface area contributed by atoms with Crippen LogP contribution in [-0.2, 0) is 11.8 Å². The lowest BCUT2D eigenvalue weighted by Gasteiger charge is -2.31. The Morgan fingerprint density at radius 1 is 1.33 bits per heavy atom. The zero-order valence-electron chi connectivity index (χ0n) is 13.5. The van der Waals surface area contributed by atoms with Gasteiger partial charge in [0.2, 0.25) is 5.91 Å². The first-order chi connectivity index (χ1) is 11.5. The fourth-order valence-electron chi connectivity index (χ4n) is 2.98. The molecule has 1 amide bonds. The molecule has 2 heterocycles. The topological polar surface area (TPSA) is 38.1 Å². The van der Waals surface area contributed by atoms with E-state index in [0.29, 0.717) is 13.1 Å². The van der Waals surface area contributed by atoms with Gasteiger partial charge in [0.1, 0.15) is 11.6 Å². The molecule has 0 N–H and O–H groups in total. The SMILES string of the molecule is Cn1ccc([C@@H]2CCCN(C(=O)/C=C/c3cc(F)ccc3F)C2)n1. The molecule has 0 radical (unpaired) electrons. The highest BCUT2D eigenvalue weighted by Gasteiger charge is 2.25. The number of nitrogens with zero attached hydrogens (tertiary/aromatic N) is 3. The molecule has 6 heteroatoms. The van der Waals surface area contributed by atoms with Crippen LogP contribution in [0.4, 0.5) is 8.78 Å². The van der Waals surface area contributed by atoms with E-state index in [4.69, 9.17) is 0 Å². The van der Waals surface area contributed by atoms with Crippen LogP contribution in [0, 0.1) is 11.6 Å². The molecule has 0 unspecified atom stereocenters. The van der Waals surface area contributed by atoms with Crippen LogP contribution in [0.5, 0.6) is 0 Å². The van der Waals surface area contributed by atoms with Crippen LogP contribution in [0.2, 0.25) is 0 Å². The molecule has 4 nitrogen and oxygen atoms in total. The third-order valence-corrected chi connectivity index (χ3v) is 4.25. The first-order valence-electron chi connectivity index (χ1n) is 7.94.